The number of rotatable bonds is 1. The van der Waals surface area contributed by atoms with Crippen LogP contribution in [0.4, 0.5) is 5.95 Å². The lowest BCUT2D eigenvalue weighted by atomic mass is 9.54. The zero-order valence-electron chi connectivity index (χ0n) is 7.48. The summed E-state index contributed by atoms with van der Waals surface area (Å²) in [7, 11) is 0. The molecule has 2 fully saturated rings. The van der Waals surface area contributed by atoms with Crippen LogP contribution >= 0.6 is 0 Å². The molecule has 2 N–H and O–H groups in total. The summed E-state index contributed by atoms with van der Waals surface area (Å²) in [6, 6.07) is 0.468. The van der Waals surface area contributed by atoms with Gasteiger partial charge in [0.05, 0.1) is 6.04 Å². The summed E-state index contributed by atoms with van der Waals surface area (Å²) < 4.78 is 1.77. The molecule has 0 unspecified atom stereocenters. The van der Waals surface area contributed by atoms with Gasteiger partial charge >= 0.3 is 0 Å². The highest BCUT2D eigenvalue weighted by Crippen LogP contribution is 2.60. The summed E-state index contributed by atoms with van der Waals surface area (Å²) in [4.78, 5) is 0. The van der Waals surface area contributed by atoms with E-state index in [0.29, 0.717) is 17.4 Å². The van der Waals surface area contributed by atoms with Gasteiger partial charge in [0.25, 0.3) is 0 Å². The summed E-state index contributed by atoms with van der Waals surface area (Å²) in [5.74, 6) is 0.458. The smallest absolute Gasteiger partial charge is 0.240 e. The third-order valence-electron chi connectivity index (χ3n) is 3.62. The zero-order valence-corrected chi connectivity index (χ0v) is 7.48. The molecule has 3 rings (SSSR count). The molecule has 0 aromatic carbocycles. The van der Waals surface area contributed by atoms with Crippen LogP contribution in [0.2, 0.25) is 0 Å². The Balaban J connectivity index is 1.73. The number of nitrogens with two attached hydrogens (primary N) is 1. The van der Waals surface area contributed by atoms with Crippen molar-refractivity contribution in [2.75, 3.05) is 5.73 Å². The summed E-state index contributed by atoms with van der Waals surface area (Å²) in [6.07, 6.45) is 6.64. The molecule has 1 aromatic heterocycles. The second-order valence-corrected chi connectivity index (χ2v) is 4.40. The topological polar surface area (TPSA) is 69.6 Å². The average Bonchev–Trinajstić information content (AvgIpc) is 2.30. The maximum absolute atomic E-state index is 5.63. The van der Waals surface area contributed by atoms with Crippen molar-refractivity contribution in [2.45, 2.75) is 38.1 Å². The summed E-state index contributed by atoms with van der Waals surface area (Å²) in [5, 5.41) is 11.1. The van der Waals surface area contributed by atoms with E-state index in [0.717, 1.165) is 0 Å². The van der Waals surface area contributed by atoms with Crippen molar-refractivity contribution in [2.24, 2.45) is 5.41 Å². The molecule has 1 heterocycles. The van der Waals surface area contributed by atoms with Crippen molar-refractivity contribution in [1.29, 1.82) is 0 Å². The predicted octanol–water partition coefficient (Wildman–Crippen LogP) is 0.760. The van der Waals surface area contributed by atoms with Crippen molar-refractivity contribution in [3.63, 3.8) is 0 Å². The third kappa shape index (κ3) is 0.897. The van der Waals surface area contributed by atoms with Crippen molar-refractivity contribution in [1.82, 2.24) is 20.2 Å². The molecule has 1 aromatic rings. The molecule has 0 aliphatic heterocycles. The van der Waals surface area contributed by atoms with Gasteiger partial charge in [-0.1, -0.05) is 11.5 Å². The minimum absolute atomic E-state index is 0.458. The Hall–Kier alpha value is -1.13. The van der Waals surface area contributed by atoms with Crippen LogP contribution in [0.25, 0.3) is 0 Å². The second kappa shape index (κ2) is 2.21. The van der Waals surface area contributed by atoms with Crippen molar-refractivity contribution in [3.8, 4) is 0 Å². The van der Waals surface area contributed by atoms with Crippen LogP contribution in [-0.2, 0) is 0 Å². The standard InChI is InChI=1S/C8H13N5/c9-7-10-11-12-13(7)6-4-8(5-6)2-1-3-8/h6H,1-5H2,(H2,9,10,12). The summed E-state index contributed by atoms with van der Waals surface area (Å²) in [5.41, 5.74) is 6.28. The van der Waals surface area contributed by atoms with Gasteiger partial charge in [-0.2, -0.15) is 0 Å². The first-order valence-electron chi connectivity index (χ1n) is 4.82. The Bertz CT molecular complexity index is 319. The van der Waals surface area contributed by atoms with Gasteiger partial charge < -0.3 is 5.73 Å². The van der Waals surface area contributed by atoms with E-state index in [1.165, 1.54) is 32.1 Å². The van der Waals surface area contributed by atoms with E-state index in [4.69, 9.17) is 5.73 Å². The third-order valence-corrected chi connectivity index (χ3v) is 3.62. The molecule has 13 heavy (non-hydrogen) atoms. The van der Waals surface area contributed by atoms with E-state index in [-0.39, 0.29) is 0 Å². The Labute approximate surface area is 76.3 Å². The number of hydrogen-bond donors (Lipinski definition) is 1. The van der Waals surface area contributed by atoms with E-state index in [2.05, 4.69) is 15.5 Å². The van der Waals surface area contributed by atoms with Crippen LogP contribution in [0.5, 0.6) is 0 Å². The number of tetrazole rings is 1. The Morgan fingerprint density at radius 3 is 2.62 bits per heavy atom. The van der Waals surface area contributed by atoms with E-state index in [1.807, 2.05) is 0 Å². The minimum Gasteiger partial charge on any atom is -0.367 e. The van der Waals surface area contributed by atoms with Gasteiger partial charge in [0.15, 0.2) is 0 Å². The normalized spacial score (nSPS) is 25.5. The highest BCUT2D eigenvalue weighted by Gasteiger charge is 2.49. The lowest BCUT2D eigenvalue weighted by Crippen LogP contribution is -2.44. The molecule has 2 aliphatic carbocycles. The molecule has 0 saturated heterocycles. The van der Waals surface area contributed by atoms with Gasteiger partial charge in [-0.15, -0.1) is 0 Å². The van der Waals surface area contributed by atoms with Gasteiger partial charge in [0.2, 0.25) is 5.95 Å². The predicted molar refractivity (Wildman–Crippen MR) is 46.8 cm³/mol. The molecule has 0 radical (unpaired) electrons. The van der Waals surface area contributed by atoms with E-state index < -0.39 is 0 Å². The number of nitrogens with zero attached hydrogens (tertiary/aromatic N) is 4. The maximum atomic E-state index is 5.63. The number of aromatic nitrogens is 4. The van der Waals surface area contributed by atoms with Crippen LogP contribution in [0.3, 0.4) is 0 Å². The van der Waals surface area contributed by atoms with Crippen LogP contribution in [0.15, 0.2) is 0 Å². The fraction of sp³-hybridized carbons (Fsp3) is 0.875. The Morgan fingerprint density at radius 2 is 2.15 bits per heavy atom. The van der Waals surface area contributed by atoms with Crippen molar-refractivity contribution < 1.29 is 0 Å². The van der Waals surface area contributed by atoms with Crippen molar-refractivity contribution >= 4 is 5.95 Å². The maximum Gasteiger partial charge on any atom is 0.240 e. The number of nitrogen functional groups attached to an aromatic ring is 1. The fourth-order valence-corrected chi connectivity index (χ4v) is 2.66. The molecule has 2 saturated carbocycles. The Morgan fingerprint density at radius 1 is 1.38 bits per heavy atom. The van der Waals surface area contributed by atoms with Crippen LogP contribution < -0.4 is 5.73 Å². The first-order chi connectivity index (χ1) is 6.29. The summed E-state index contributed by atoms with van der Waals surface area (Å²) >= 11 is 0. The van der Waals surface area contributed by atoms with Crippen molar-refractivity contribution in [3.05, 3.63) is 0 Å². The highest BCUT2D eigenvalue weighted by atomic mass is 15.6. The fourth-order valence-electron chi connectivity index (χ4n) is 2.66. The largest absolute Gasteiger partial charge is 0.367 e. The molecule has 0 atom stereocenters. The molecule has 5 heteroatoms. The lowest BCUT2D eigenvalue weighted by Gasteiger charge is -2.53. The zero-order chi connectivity index (χ0) is 8.89. The van der Waals surface area contributed by atoms with E-state index in [9.17, 15) is 0 Å². The second-order valence-electron chi connectivity index (χ2n) is 4.40. The molecular weight excluding hydrogens is 166 g/mol. The Kier molecular flexibility index (Phi) is 1.24. The van der Waals surface area contributed by atoms with Crippen LogP contribution in [0, 0.1) is 5.41 Å². The monoisotopic (exact) mass is 179 g/mol. The minimum atomic E-state index is 0.458. The molecule has 0 bridgehead atoms. The first-order valence-corrected chi connectivity index (χ1v) is 4.82. The van der Waals surface area contributed by atoms with Gasteiger partial charge in [-0.25, -0.2) is 4.68 Å². The molecule has 2 aliphatic rings. The lowest BCUT2D eigenvalue weighted by molar-refractivity contribution is -0.0217. The highest BCUT2D eigenvalue weighted by molar-refractivity contribution is 5.14. The summed E-state index contributed by atoms with van der Waals surface area (Å²) in [6.45, 7) is 0. The molecule has 0 amide bonds. The molecular formula is C8H13N5. The number of anilines is 1. The quantitative estimate of drug-likeness (QED) is 0.691. The average molecular weight is 179 g/mol. The van der Waals surface area contributed by atoms with Gasteiger partial charge in [0, 0.05) is 0 Å². The van der Waals surface area contributed by atoms with Gasteiger partial charge in [0.1, 0.15) is 0 Å². The SMILES string of the molecule is Nc1nnnn1C1CC2(CCC2)C1. The van der Waals surface area contributed by atoms with E-state index >= 15 is 0 Å². The van der Waals surface area contributed by atoms with Crippen LogP contribution in [0.1, 0.15) is 38.1 Å². The molecule has 1 spiro atoms. The van der Waals surface area contributed by atoms with Gasteiger partial charge in [-0.05, 0) is 41.5 Å². The molecule has 5 nitrogen and oxygen atoms in total. The molecule has 70 valence electrons. The van der Waals surface area contributed by atoms with Gasteiger partial charge in [-0.3, -0.25) is 0 Å². The van der Waals surface area contributed by atoms with E-state index in [1.54, 1.807) is 4.68 Å². The first kappa shape index (κ1) is 7.29. The van der Waals surface area contributed by atoms with Crippen LogP contribution in [-0.4, -0.2) is 20.2 Å². The number of hydrogen-bond acceptors (Lipinski definition) is 4.